The number of nitrogens with zero attached hydrogens (tertiary/aromatic N) is 1. The van der Waals surface area contributed by atoms with Crippen LogP contribution in [0.3, 0.4) is 0 Å². The molecule has 0 saturated carbocycles. The Hall–Kier alpha value is -1.32. The average Bonchev–Trinajstić information content (AvgIpc) is 2.96. The first-order valence-corrected chi connectivity index (χ1v) is 8.24. The maximum atomic E-state index is 3.54. The van der Waals surface area contributed by atoms with Gasteiger partial charge in [-0.1, -0.05) is 18.2 Å². The van der Waals surface area contributed by atoms with Crippen LogP contribution in [0, 0.1) is 0 Å². The first-order chi connectivity index (χ1) is 9.75. The lowest BCUT2D eigenvalue weighted by molar-refractivity contribution is 0.152. The van der Waals surface area contributed by atoms with Gasteiger partial charge in [-0.05, 0) is 49.4 Å². The number of para-hydroxylation sites is 1. The molecule has 0 fully saturated rings. The van der Waals surface area contributed by atoms with Crippen LogP contribution in [-0.2, 0) is 6.42 Å². The molecular weight excluding hydrogens is 264 g/mol. The van der Waals surface area contributed by atoms with Gasteiger partial charge in [0.25, 0.3) is 0 Å². The van der Waals surface area contributed by atoms with Gasteiger partial charge in [0.05, 0.1) is 0 Å². The van der Waals surface area contributed by atoms with Crippen molar-refractivity contribution in [3.8, 4) is 0 Å². The van der Waals surface area contributed by atoms with Crippen LogP contribution in [0.1, 0.15) is 30.3 Å². The minimum atomic E-state index is 0.539. The minimum Gasteiger partial charge on any atom is -0.383 e. The molecule has 1 aromatic heterocycles. The van der Waals surface area contributed by atoms with Gasteiger partial charge in [0, 0.05) is 35.7 Å². The molecule has 2 nitrogen and oxygen atoms in total. The summed E-state index contributed by atoms with van der Waals surface area (Å²) in [6, 6.07) is 13.8. The molecule has 2 aromatic rings. The van der Waals surface area contributed by atoms with Crippen molar-refractivity contribution in [2.75, 3.05) is 18.4 Å². The highest BCUT2D eigenvalue weighted by molar-refractivity contribution is 7.10. The molecule has 2 heterocycles. The Bertz CT molecular complexity index is 549. The first kappa shape index (κ1) is 13.7. The van der Waals surface area contributed by atoms with Crippen molar-refractivity contribution in [2.45, 2.75) is 32.4 Å². The molecule has 0 aliphatic carbocycles. The fourth-order valence-corrected chi connectivity index (χ4v) is 4.03. The third-order valence-corrected chi connectivity index (χ3v) is 5.26. The lowest BCUT2D eigenvalue weighted by Gasteiger charge is -2.38. The SMILES string of the molecule is CC(CNc1ccccc1)N1CCc2sccc2C1C. The Morgan fingerprint density at radius 3 is 2.90 bits per heavy atom. The van der Waals surface area contributed by atoms with Gasteiger partial charge in [0.1, 0.15) is 0 Å². The molecule has 2 atom stereocenters. The first-order valence-electron chi connectivity index (χ1n) is 7.36. The van der Waals surface area contributed by atoms with Gasteiger partial charge < -0.3 is 5.32 Å². The molecule has 106 valence electrons. The van der Waals surface area contributed by atoms with E-state index in [1.165, 1.54) is 24.2 Å². The molecule has 1 aromatic carbocycles. The molecule has 2 unspecified atom stereocenters. The maximum Gasteiger partial charge on any atom is 0.0340 e. The Morgan fingerprint density at radius 1 is 1.30 bits per heavy atom. The van der Waals surface area contributed by atoms with E-state index < -0.39 is 0 Å². The molecule has 3 rings (SSSR count). The number of benzene rings is 1. The molecule has 1 aliphatic rings. The van der Waals surface area contributed by atoms with Crippen molar-refractivity contribution in [1.82, 2.24) is 4.90 Å². The van der Waals surface area contributed by atoms with E-state index in [0.29, 0.717) is 12.1 Å². The van der Waals surface area contributed by atoms with Crippen LogP contribution >= 0.6 is 11.3 Å². The van der Waals surface area contributed by atoms with Crippen molar-refractivity contribution in [1.29, 1.82) is 0 Å². The molecule has 0 amide bonds. The van der Waals surface area contributed by atoms with E-state index >= 15 is 0 Å². The molecule has 0 radical (unpaired) electrons. The normalized spacial score (nSPS) is 20.4. The number of anilines is 1. The van der Waals surface area contributed by atoms with Crippen LogP contribution < -0.4 is 5.32 Å². The number of fused-ring (bicyclic) bond motifs is 1. The third-order valence-electron chi connectivity index (χ3n) is 4.27. The van der Waals surface area contributed by atoms with Crippen LogP contribution in [0.2, 0.25) is 0 Å². The topological polar surface area (TPSA) is 15.3 Å². The molecule has 1 aliphatic heterocycles. The molecular formula is C17H22N2S. The van der Waals surface area contributed by atoms with Crippen LogP contribution in [0.5, 0.6) is 0 Å². The van der Waals surface area contributed by atoms with Gasteiger partial charge in [0.2, 0.25) is 0 Å². The fraction of sp³-hybridized carbons (Fsp3) is 0.412. The van der Waals surface area contributed by atoms with Gasteiger partial charge in [0.15, 0.2) is 0 Å². The van der Waals surface area contributed by atoms with Gasteiger partial charge in [-0.15, -0.1) is 11.3 Å². The van der Waals surface area contributed by atoms with E-state index in [9.17, 15) is 0 Å². The summed E-state index contributed by atoms with van der Waals surface area (Å²) in [6.45, 7) is 6.83. The lowest BCUT2D eigenvalue weighted by atomic mass is 9.99. The minimum absolute atomic E-state index is 0.539. The zero-order valence-corrected chi connectivity index (χ0v) is 13.0. The van der Waals surface area contributed by atoms with Crippen molar-refractivity contribution >= 4 is 17.0 Å². The van der Waals surface area contributed by atoms with E-state index in [1.54, 1.807) is 4.88 Å². The fourth-order valence-electron chi connectivity index (χ4n) is 3.07. The summed E-state index contributed by atoms with van der Waals surface area (Å²) < 4.78 is 0. The van der Waals surface area contributed by atoms with Gasteiger partial charge in [-0.25, -0.2) is 0 Å². The van der Waals surface area contributed by atoms with E-state index in [1.807, 2.05) is 11.3 Å². The van der Waals surface area contributed by atoms with Crippen molar-refractivity contribution < 1.29 is 0 Å². The van der Waals surface area contributed by atoms with Crippen LogP contribution in [0.15, 0.2) is 41.8 Å². The third kappa shape index (κ3) is 2.74. The van der Waals surface area contributed by atoms with E-state index in [-0.39, 0.29) is 0 Å². The maximum absolute atomic E-state index is 3.54. The number of hydrogen-bond donors (Lipinski definition) is 1. The van der Waals surface area contributed by atoms with E-state index in [4.69, 9.17) is 0 Å². The van der Waals surface area contributed by atoms with Gasteiger partial charge in [-0.3, -0.25) is 4.90 Å². The summed E-state index contributed by atoms with van der Waals surface area (Å²) >= 11 is 1.91. The van der Waals surface area contributed by atoms with Crippen molar-refractivity contribution in [3.05, 3.63) is 52.2 Å². The van der Waals surface area contributed by atoms with Crippen LogP contribution in [0.25, 0.3) is 0 Å². The largest absolute Gasteiger partial charge is 0.383 e. The summed E-state index contributed by atoms with van der Waals surface area (Å²) in [4.78, 5) is 4.20. The summed E-state index contributed by atoms with van der Waals surface area (Å²) in [7, 11) is 0. The molecule has 20 heavy (non-hydrogen) atoms. The number of nitrogens with one attached hydrogen (secondary N) is 1. The predicted molar refractivity (Wildman–Crippen MR) is 87.5 cm³/mol. The summed E-state index contributed by atoms with van der Waals surface area (Å²) in [5, 5.41) is 5.77. The second kappa shape index (κ2) is 5.98. The molecule has 3 heteroatoms. The average molecular weight is 286 g/mol. The van der Waals surface area contributed by atoms with Crippen molar-refractivity contribution in [3.63, 3.8) is 0 Å². The van der Waals surface area contributed by atoms with Gasteiger partial charge in [-0.2, -0.15) is 0 Å². The Balaban J connectivity index is 1.62. The number of hydrogen-bond acceptors (Lipinski definition) is 3. The lowest BCUT2D eigenvalue weighted by Crippen LogP contribution is -2.43. The van der Waals surface area contributed by atoms with Crippen molar-refractivity contribution in [2.24, 2.45) is 0 Å². The highest BCUT2D eigenvalue weighted by Crippen LogP contribution is 2.33. The molecule has 1 N–H and O–H groups in total. The Kier molecular flexibility index (Phi) is 4.08. The second-order valence-electron chi connectivity index (χ2n) is 5.56. The predicted octanol–water partition coefficient (Wildman–Crippen LogP) is 4.17. The molecule has 0 saturated heterocycles. The monoisotopic (exact) mass is 286 g/mol. The van der Waals surface area contributed by atoms with Gasteiger partial charge >= 0.3 is 0 Å². The van der Waals surface area contributed by atoms with Crippen LogP contribution in [0.4, 0.5) is 5.69 Å². The quantitative estimate of drug-likeness (QED) is 0.907. The number of thiophene rings is 1. The standard InChI is InChI=1S/C17H22N2S/c1-13(12-18-15-6-4-3-5-7-15)19-10-8-17-16(14(19)2)9-11-20-17/h3-7,9,11,13-14,18H,8,10,12H2,1-2H3. The van der Waals surface area contributed by atoms with Crippen LogP contribution in [-0.4, -0.2) is 24.0 Å². The smallest absolute Gasteiger partial charge is 0.0340 e. The van der Waals surface area contributed by atoms with E-state index in [2.05, 4.69) is 65.8 Å². The molecule has 0 spiro atoms. The molecule has 0 bridgehead atoms. The summed E-state index contributed by atoms with van der Waals surface area (Å²) in [6.07, 6.45) is 1.20. The number of rotatable bonds is 4. The second-order valence-corrected chi connectivity index (χ2v) is 6.56. The zero-order valence-electron chi connectivity index (χ0n) is 12.2. The summed E-state index contributed by atoms with van der Waals surface area (Å²) in [5.74, 6) is 0. The zero-order chi connectivity index (χ0) is 13.9. The highest BCUT2D eigenvalue weighted by atomic mass is 32.1. The summed E-state index contributed by atoms with van der Waals surface area (Å²) in [5.41, 5.74) is 2.74. The van der Waals surface area contributed by atoms with E-state index in [0.717, 1.165) is 6.54 Å². The Morgan fingerprint density at radius 2 is 2.10 bits per heavy atom. The highest BCUT2D eigenvalue weighted by Gasteiger charge is 2.27. The Labute approximate surface area is 125 Å².